The molecular formula is C99H153N8O20+. The Morgan fingerprint density at radius 1 is 0.551 bits per heavy atom. The molecule has 1 aromatic heterocycles. The average Bonchev–Trinajstić information content (AvgIpc) is 1.08. The first-order chi connectivity index (χ1) is 61.0. The fourth-order valence-electron chi connectivity index (χ4n) is 20.1. The molecule has 5 N–H and O–H groups in total. The van der Waals surface area contributed by atoms with Crippen LogP contribution < -0.4 is 21.3 Å². The zero-order chi connectivity index (χ0) is 91.3. The normalized spacial score (nSPS) is 22.9. The number of benzene rings is 2. The fourth-order valence-corrected chi connectivity index (χ4v) is 20.1. The molecule has 0 bridgehead atoms. The third-order valence-corrected chi connectivity index (χ3v) is 27.3. The van der Waals surface area contributed by atoms with Gasteiger partial charge in [-0.05, 0) is 184 Å². The predicted octanol–water partition coefficient (Wildman–Crippen LogP) is 12.4. The van der Waals surface area contributed by atoms with Gasteiger partial charge in [0, 0.05) is 82.0 Å². The molecular weight excluding hydrogens is 1620 g/mol. The molecule has 2 fully saturated rings. The van der Waals surface area contributed by atoms with Gasteiger partial charge in [-0.3, -0.25) is 48.5 Å². The number of carbonyl (C=O) groups is 9. The second kappa shape index (κ2) is 52.7. The molecule has 1 heterocycles. The lowest BCUT2D eigenvalue weighted by Crippen LogP contribution is -2.60. The molecule has 6 aliphatic carbocycles. The van der Waals surface area contributed by atoms with Gasteiger partial charge in [0.1, 0.15) is 48.4 Å². The number of ketones is 4. The number of hydrogen-bond acceptors (Lipinski definition) is 22. The number of Topliss-reactive ketones (excluding diaryl/α,β-unsaturated/α-hetero) is 4. The molecule has 2 saturated carbocycles. The summed E-state index contributed by atoms with van der Waals surface area (Å²) in [6.07, 6.45) is 20.4. The molecule has 708 valence electrons. The van der Waals surface area contributed by atoms with E-state index < -0.39 is 46.1 Å². The number of nitrogens with one attached hydrogen (secondary N) is 4. The highest BCUT2D eigenvalue weighted by Gasteiger charge is 2.59. The summed E-state index contributed by atoms with van der Waals surface area (Å²) < 4.78 is 60.3. The maximum absolute atomic E-state index is 15.0. The van der Waals surface area contributed by atoms with Crippen molar-refractivity contribution in [1.29, 1.82) is 0 Å². The quantitative estimate of drug-likeness (QED) is 0.0152. The van der Waals surface area contributed by atoms with Gasteiger partial charge in [0.15, 0.2) is 11.6 Å². The number of aromatic hydroxyl groups is 1. The summed E-state index contributed by atoms with van der Waals surface area (Å²) in [6, 6.07) is 10.6. The van der Waals surface area contributed by atoms with Crippen LogP contribution in [-0.4, -0.2) is 243 Å². The number of ether oxygens (including phenoxy) is 10. The van der Waals surface area contributed by atoms with E-state index in [0.29, 0.717) is 156 Å². The van der Waals surface area contributed by atoms with Gasteiger partial charge in [0.2, 0.25) is 29.5 Å². The highest BCUT2D eigenvalue weighted by molar-refractivity contribution is 6.01. The van der Waals surface area contributed by atoms with E-state index in [0.717, 1.165) is 155 Å². The van der Waals surface area contributed by atoms with Crippen molar-refractivity contribution in [3.63, 3.8) is 0 Å². The van der Waals surface area contributed by atoms with Gasteiger partial charge in [-0.1, -0.05) is 110 Å². The van der Waals surface area contributed by atoms with Gasteiger partial charge < -0.3 is 72.9 Å². The zero-order valence-electron chi connectivity index (χ0n) is 78.3. The Morgan fingerprint density at radius 3 is 1.74 bits per heavy atom. The molecule has 28 heteroatoms. The van der Waals surface area contributed by atoms with Gasteiger partial charge >= 0.3 is 0 Å². The van der Waals surface area contributed by atoms with Crippen LogP contribution >= 0.6 is 0 Å². The molecule has 2 unspecified atom stereocenters. The smallest absolute Gasteiger partial charge is 0.246 e. The van der Waals surface area contributed by atoms with E-state index >= 15 is 0 Å². The van der Waals surface area contributed by atoms with Crippen LogP contribution in [0.2, 0.25) is 0 Å². The molecule has 0 aliphatic heterocycles. The Hall–Kier alpha value is -7.27. The van der Waals surface area contributed by atoms with Crippen LogP contribution in [0.3, 0.4) is 0 Å². The van der Waals surface area contributed by atoms with E-state index in [2.05, 4.69) is 84.5 Å². The number of carbonyl (C=O) groups excluding carboxylic acids is 9. The number of rotatable bonds is 58. The Morgan fingerprint density at radius 2 is 1.12 bits per heavy atom. The molecule has 0 spiro atoms. The predicted molar refractivity (Wildman–Crippen MR) is 483 cm³/mol. The van der Waals surface area contributed by atoms with Crippen LogP contribution in [0.4, 0.5) is 5.69 Å². The van der Waals surface area contributed by atoms with E-state index in [-0.39, 0.29) is 147 Å². The first-order valence-electron chi connectivity index (χ1n) is 47.8. The van der Waals surface area contributed by atoms with Crippen LogP contribution in [0, 0.1) is 52.3 Å². The van der Waals surface area contributed by atoms with Crippen LogP contribution in [0.1, 0.15) is 268 Å². The average molecular weight is 1780 g/mol. The highest BCUT2D eigenvalue weighted by atomic mass is 16.6. The van der Waals surface area contributed by atoms with Crippen molar-refractivity contribution in [3.05, 3.63) is 70.0 Å². The van der Waals surface area contributed by atoms with Crippen LogP contribution in [0.15, 0.2) is 36.4 Å². The zero-order valence-corrected chi connectivity index (χ0v) is 78.3. The van der Waals surface area contributed by atoms with E-state index in [9.17, 15) is 48.3 Å². The van der Waals surface area contributed by atoms with Crippen LogP contribution in [-0.2, 0) is 127 Å². The molecule has 2 aromatic carbocycles. The number of quaternary nitrogens is 1. The summed E-state index contributed by atoms with van der Waals surface area (Å²) in [6.45, 7) is 21.2. The Labute approximate surface area is 755 Å². The third-order valence-electron chi connectivity index (χ3n) is 27.3. The van der Waals surface area contributed by atoms with Crippen LogP contribution in [0.5, 0.6) is 5.75 Å². The lowest BCUT2D eigenvalue weighted by atomic mass is 9.49. The summed E-state index contributed by atoms with van der Waals surface area (Å²) in [5.74, 6) is 2.56. The number of nitrogens with zero attached hydrogens (tertiary/aromatic N) is 4. The number of hydrogen-bond donors (Lipinski definition) is 5. The lowest BCUT2D eigenvalue weighted by molar-refractivity contribution is -0.870. The number of aromatic nitrogens is 3. The van der Waals surface area contributed by atoms with Gasteiger partial charge in [-0.2, -0.15) is 0 Å². The Bertz CT molecular complexity index is 4080. The van der Waals surface area contributed by atoms with Crippen molar-refractivity contribution < 1.29 is 100 Å². The number of phenols is 1. The summed E-state index contributed by atoms with van der Waals surface area (Å²) in [5, 5.41) is 31.7. The van der Waals surface area contributed by atoms with Gasteiger partial charge in [-0.25, -0.2) is 4.68 Å². The topological polar surface area (TPSA) is 345 Å². The minimum Gasteiger partial charge on any atom is -0.508 e. The number of amides is 5. The number of anilines is 1. The van der Waals surface area contributed by atoms with Crippen molar-refractivity contribution in [3.8, 4) is 17.6 Å². The lowest BCUT2D eigenvalue weighted by Gasteiger charge is -2.56. The monoisotopic (exact) mass is 1770 g/mol. The number of unbranched alkanes of at least 4 members (excludes halogenated alkanes) is 1. The van der Waals surface area contributed by atoms with Crippen molar-refractivity contribution in [2.45, 2.75) is 283 Å². The molecule has 9 rings (SSSR count). The molecule has 127 heavy (non-hydrogen) atoms. The van der Waals surface area contributed by atoms with Gasteiger partial charge in [0.25, 0.3) is 0 Å². The van der Waals surface area contributed by atoms with Crippen molar-refractivity contribution >= 4 is 58.4 Å². The number of fused-ring (bicyclic) bond motifs is 7. The molecule has 11 atom stereocenters. The minimum absolute atomic E-state index is 0.00915. The summed E-state index contributed by atoms with van der Waals surface area (Å²) in [7, 11) is 6.36. The summed E-state index contributed by atoms with van der Waals surface area (Å²) in [5.41, 5.74) is 4.38. The SMILES string of the molecule is CC(C)[C@H](NC(=O)[C@@H](CCCCNC(=O)COC1CCCCCc2c1nnn2CCOCCOCCOCCOCCC(=O)CCC[N+](C)(C)C)CC(=O)CCOCCOCCOCCOCCCC(=O)COC1C#CCCCCC1)C(=O)C[C@@H](C)C(=O)Nc1ccc2c(c1)[C@@]1(C)CCC[C@](C)(C(=O)NC(=O)[C@@]3(C)CCC[C@]4(C)c5cc(O)ccc5CC[C@@H]34)[C@@H]1CC2. The number of imide groups is 1. The second-order valence-electron chi connectivity index (χ2n) is 38.6. The third kappa shape index (κ3) is 32.3. The molecule has 28 nitrogen and oxygen atoms in total. The van der Waals surface area contributed by atoms with E-state index in [4.69, 9.17) is 47.4 Å². The largest absolute Gasteiger partial charge is 0.508 e. The van der Waals surface area contributed by atoms with E-state index in [1.54, 1.807) is 13.0 Å². The maximum Gasteiger partial charge on any atom is 0.246 e. The summed E-state index contributed by atoms with van der Waals surface area (Å²) >= 11 is 0. The Balaban J connectivity index is 0.713. The van der Waals surface area contributed by atoms with Crippen LogP contribution in [0.25, 0.3) is 0 Å². The van der Waals surface area contributed by atoms with E-state index in [1.807, 2.05) is 56.6 Å². The molecule has 0 saturated heterocycles. The minimum atomic E-state index is -0.972. The first-order valence-corrected chi connectivity index (χ1v) is 47.8. The standard InChI is InChI=1S/C99H152N8O20/c1-71(2)90(85(112)65-72(3)92(114)101-76-36-32-73-34-38-87-96(4,82(73)67-76)42-23-44-98(87,6)94(116)103-95(117)99(7)45-24-43-97(5)83-68-78(109)37-33-74(83)35-39-88(97)99)102-93(115)75(66-79(110)41-51-120-55-59-124-62-61-122-57-53-118-49-22-27-80(111)69-126-81-28-15-12-11-13-16-29-81)25-19-20-46-100-89(113)70-127-86-31-18-14-17-30-84-91(86)104-105-106(84)47-52-121-56-60-125-64-63-123-58-54-119-50-40-77(108)26-21-48-107(8,9)10/h32-33,36-37,67-68,71-72,75,81,86-88,90H,11-15,17-28,30-31,34-35,38-66,69-70H2,1-10H3,(H4-,100,101,102,103,109,113,114,115,116,117)/p+1/t72-,75+,81?,86?,87-,88-,90+,96-,97-,98+,99+/m1/s1. The van der Waals surface area contributed by atoms with E-state index in [1.165, 1.54) is 5.56 Å². The molecule has 3 aromatic rings. The van der Waals surface area contributed by atoms with Gasteiger partial charge in [0.05, 0.1) is 156 Å². The molecule has 6 aliphatic rings. The number of phenolic OH excluding ortho intramolecular Hbond substituents is 1. The second-order valence-corrected chi connectivity index (χ2v) is 38.6. The molecule has 0 radical (unpaired) electrons. The number of aryl methyl sites for hydroxylation is 2. The maximum atomic E-state index is 15.0. The highest BCUT2D eigenvalue weighted by Crippen LogP contribution is 2.60. The van der Waals surface area contributed by atoms with Crippen molar-refractivity contribution in [1.82, 2.24) is 30.9 Å². The van der Waals surface area contributed by atoms with Gasteiger partial charge in [-0.15, -0.1) is 11.0 Å². The molecule has 5 amide bonds. The first kappa shape index (κ1) is 103. The Kier molecular flexibility index (Phi) is 42.9. The van der Waals surface area contributed by atoms with Crippen molar-refractivity contribution in [2.24, 2.45) is 40.4 Å². The fraction of sp³-hybridized carbons (Fsp3) is 0.747. The summed E-state index contributed by atoms with van der Waals surface area (Å²) in [4.78, 5) is 125. The van der Waals surface area contributed by atoms with Crippen molar-refractivity contribution in [2.75, 3.05) is 158 Å².